The summed E-state index contributed by atoms with van der Waals surface area (Å²) in [6.07, 6.45) is 0.798. The van der Waals surface area contributed by atoms with Crippen molar-refractivity contribution in [1.82, 2.24) is 4.90 Å². The van der Waals surface area contributed by atoms with E-state index in [1.165, 1.54) is 0 Å². The fourth-order valence-electron chi connectivity index (χ4n) is 2.83. The fraction of sp³-hybridized carbons (Fsp3) is 0.333. The molecule has 8 heteroatoms. The second-order valence-corrected chi connectivity index (χ2v) is 7.48. The van der Waals surface area contributed by atoms with E-state index in [0.29, 0.717) is 33.7 Å². The average Bonchev–Trinajstić information content (AvgIpc) is 2.65. The summed E-state index contributed by atoms with van der Waals surface area (Å²) in [7, 11) is 1.55. The Morgan fingerprint density at radius 3 is 2.28 bits per heavy atom. The van der Waals surface area contributed by atoms with Gasteiger partial charge in [0, 0.05) is 5.02 Å². The third-order valence-electron chi connectivity index (χ3n) is 4.11. The van der Waals surface area contributed by atoms with Gasteiger partial charge in [-0.25, -0.2) is 0 Å². The zero-order chi connectivity index (χ0) is 21.4. The first-order valence-corrected chi connectivity index (χ1v) is 9.99. The van der Waals surface area contributed by atoms with Gasteiger partial charge in [-0.05, 0) is 55.8 Å². The molecule has 2 aromatic carbocycles. The van der Waals surface area contributed by atoms with Gasteiger partial charge in [0.1, 0.15) is 5.75 Å². The number of ether oxygens (including phenoxy) is 1. The van der Waals surface area contributed by atoms with Crippen LogP contribution in [0.4, 0.5) is 11.4 Å². The van der Waals surface area contributed by atoms with Crippen molar-refractivity contribution >= 4 is 46.4 Å². The monoisotopic (exact) mass is 437 g/mol. The maximum atomic E-state index is 12.5. The summed E-state index contributed by atoms with van der Waals surface area (Å²) in [6.45, 7) is 4.63. The zero-order valence-electron chi connectivity index (χ0n) is 16.7. The van der Waals surface area contributed by atoms with Gasteiger partial charge in [-0.2, -0.15) is 0 Å². The molecule has 0 aliphatic heterocycles. The summed E-state index contributed by atoms with van der Waals surface area (Å²) >= 11 is 12.0. The van der Waals surface area contributed by atoms with Gasteiger partial charge in [-0.3, -0.25) is 14.5 Å². The van der Waals surface area contributed by atoms with Crippen LogP contribution in [0.5, 0.6) is 5.75 Å². The molecule has 29 heavy (non-hydrogen) atoms. The highest BCUT2D eigenvalue weighted by Crippen LogP contribution is 2.26. The summed E-state index contributed by atoms with van der Waals surface area (Å²) < 4.78 is 5.29. The third kappa shape index (κ3) is 7.24. The number of halogens is 2. The van der Waals surface area contributed by atoms with Crippen LogP contribution in [0.2, 0.25) is 10.0 Å². The lowest BCUT2D eigenvalue weighted by molar-refractivity contribution is -0.120. The Morgan fingerprint density at radius 1 is 1.00 bits per heavy atom. The second kappa shape index (κ2) is 11.0. The van der Waals surface area contributed by atoms with E-state index in [4.69, 9.17) is 27.9 Å². The number of rotatable bonds is 9. The standard InChI is InChI=1S/C21H25Cl2N3O3/c1-4-9-26(12-20(27)24-17-11-15(22)6-7-16(17)23)13-21(28)25-18-10-14(2)5-8-19(18)29-3/h5-8,10-11H,4,9,12-13H2,1-3H3,(H,24,27)(H,25,28). The molecule has 2 N–H and O–H groups in total. The predicted octanol–water partition coefficient (Wildman–Crippen LogP) is 4.60. The Balaban J connectivity index is 2.00. The number of methoxy groups -OCH3 is 1. The van der Waals surface area contributed by atoms with Gasteiger partial charge in [-0.1, -0.05) is 36.2 Å². The van der Waals surface area contributed by atoms with Crippen LogP contribution in [0.15, 0.2) is 36.4 Å². The minimum Gasteiger partial charge on any atom is -0.495 e. The highest BCUT2D eigenvalue weighted by atomic mass is 35.5. The van der Waals surface area contributed by atoms with E-state index < -0.39 is 0 Å². The molecule has 6 nitrogen and oxygen atoms in total. The van der Waals surface area contributed by atoms with Crippen molar-refractivity contribution < 1.29 is 14.3 Å². The predicted molar refractivity (Wildman–Crippen MR) is 118 cm³/mol. The quantitative estimate of drug-likeness (QED) is 0.601. The summed E-state index contributed by atoms with van der Waals surface area (Å²) in [5.41, 5.74) is 2.04. The van der Waals surface area contributed by atoms with Crippen LogP contribution in [-0.4, -0.2) is 43.5 Å². The molecule has 0 aliphatic rings. The van der Waals surface area contributed by atoms with Crippen molar-refractivity contribution in [2.45, 2.75) is 20.3 Å². The maximum absolute atomic E-state index is 12.5. The van der Waals surface area contributed by atoms with Crippen molar-refractivity contribution in [2.75, 3.05) is 37.4 Å². The van der Waals surface area contributed by atoms with Gasteiger partial charge in [0.05, 0.1) is 36.6 Å². The molecule has 156 valence electrons. The largest absolute Gasteiger partial charge is 0.495 e. The molecule has 0 bridgehead atoms. The molecule has 0 atom stereocenters. The summed E-state index contributed by atoms with van der Waals surface area (Å²) in [5, 5.41) is 6.47. The number of nitrogens with zero attached hydrogens (tertiary/aromatic N) is 1. The summed E-state index contributed by atoms with van der Waals surface area (Å²) in [5.74, 6) is 0.0822. The molecule has 0 saturated carbocycles. The lowest BCUT2D eigenvalue weighted by Crippen LogP contribution is -2.39. The van der Waals surface area contributed by atoms with E-state index in [9.17, 15) is 9.59 Å². The van der Waals surface area contributed by atoms with E-state index in [2.05, 4.69) is 10.6 Å². The van der Waals surface area contributed by atoms with Crippen LogP contribution >= 0.6 is 23.2 Å². The maximum Gasteiger partial charge on any atom is 0.238 e. The number of hydrogen-bond donors (Lipinski definition) is 2. The average molecular weight is 438 g/mol. The van der Waals surface area contributed by atoms with Crippen LogP contribution in [0.1, 0.15) is 18.9 Å². The number of aryl methyl sites for hydroxylation is 1. The topological polar surface area (TPSA) is 70.7 Å². The van der Waals surface area contributed by atoms with Crippen molar-refractivity contribution in [3.05, 3.63) is 52.0 Å². The van der Waals surface area contributed by atoms with Crippen LogP contribution in [0.3, 0.4) is 0 Å². The van der Waals surface area contributed by atoms with Gasteiger partial charge < -0.3 is 15.4 Å². The van der Waals surface area contributed by atoms with Crippen LogP contribution in [0, 0.1) is 6.92 Å². The first-order chi connectivity index (χ1) is 13.8. The molecule has 0 spiro atoms. The third-order valence-corrected chi connectivity index (χ3v) is 4.67. The van der Waals surface area contributed by atoms with Gasteiger partial charge >= 0.3 is 0 Å². The summed E-state index contributed by atoms with van der Waals surface area (Å²) in [6, 6.07) is 10.4. The minimum absolute atomic E-state index is 0.0506. The Hall–Kier alpha value is -2.28. The van der Waals surface area contributed by atoms with E-state index in [0.717, 1.165) is 12.0 Å². The highest BCUT2D eigenvalue weighted by Gasteiger charge is 2.16. The van der Waals surface area contributed by atoms with Crippen molar-refractivity contribution in [1.29, 1.82) is 0 Å². The number of hydrogen-bond acceptors (Lipinski definition) is 4. The lowest BCUT2D eigenvalue weighted by Gasteiger charge is -2.21. The number of carbonyl (C=O) groups is 2. The molecule has 0 radical (unpaired) electrons. The molecule has 0 aromatic heterocycles. The van der Waals surface area contributed by atoms with E-state index in [1.54, 1.807) is 36.3 Å². The molecule has 0 saturated heterocycles. The lowest BCUT2D eigenvalue weighted by atomic mass is 10.2. The minimum atomic E-state index is -0.274. The number of anilines is 2. The van der Waals surface area contributed by atoms with Crippen molar-refractivity contribution in [3.63, 3.8) is 0 Å². The first-order valence-electron chi connectivity index (χ1n) is 9.24. The Kier molecular flexibility index (Phi) is 8.76. The van der Waals surface area contributed by atoms with Crippen molar-refractivity contribution in [3.8, 4) is 5.75 Å². The molecule has 0 fully saturated rings. The summed E-state index contributed by atoms with van der Waals surface area (Å²) in [4.78, 5) is 26.7. The normalized spacial score (nSPS) is 10.7. The van der Waals surface area contributed by atoms with Crippen LogP contribution < -0.4 is 15.4 Å². The molecule has 2 rings (SSSR count). The fourth-order valence-corrected chi connectivity index (χ4v) is 3.17. The molecule has 0 heterocycles. The Morgan fingerprint density at radius 2 is 1.66 bits per heavy atom. The van der Waals surface area contributed by atoms with Gasteiger partial charge in [-0.15, -0.1) is 0 Å². The molecular weight excluding hydrogens is 413 g/mol. The van der Waals surface area contributed by atoms with Gasteiger partial charge in [0.15, 0.2) is 0 Å². The van der Waals surface area contributed by atoms with Crippen LogP contribution in [0.25, 0.3) is 0 Å². The van der Waals surface area contributed by atoms with E-state index >= 15 is 0 Å². The van der Waals surface area contributed by atoms with Gasteiger partial charge in [0.2, 0.25) is 11.8 Å². The molecular formula is C21H25Cl2N3O3. The Bertz CT molecular complexity index is 874. The first kappa shape index (κ1) is 23.0. The zero-order valence-corrected chi connectivity index (χ0v) is 18.2. The highest BCUT2D eigenvalue weighted by molar-refractivity contribution is 6.35. The molecule has 0 unspecified atom stereocenters. The SMILES string of the molecule is CCCN(CC(=O)Nc1cc(Cl)ccc1Cl)CC(=O)Nc1cc(C)ccc1OC. The molecule has 2 amide bonds. The van der Waals surface area contributed by atoms with Crippen molar-refractivity contribution in [2.24, 2.45) is 0 Å². The number of nitrogens with one attached hydrogen (secondary N) is 2. The second-order valence-electron chi connectivity index (χ2n) is 6.63. The van der Waals surface area contributed by atoms with Crippen LogP contribution in [-0.2, 0) is 9.59 Å². The van der Waals surface area contributed by atoms with Gasteiger partial charge in [0.25, 0.3) is 0 Å². The molecule has 0 aliphatic carbocycles. The Labute approximate surface area is 181 Å². The van der Waals surface area contributed by atoms with E-state index in [-0.39, 0.29) is 24.9 Å². The molecule has 2 aromatic rings. The number of carbonyl (C=O) groups excluding carboxylic acids is 2. The number of amides is 2. The van der Waals surface area contributed by atoms with E-state index in [1.807, 2.05) is 26.0 Å². The smallest absolute Gasteiger partial charge is 0.238 e. The number of benzene rings is 2.